The average Bonchev–Trinajstić information content (AvgIpc) is 3.22. The Labute approximate surface area is 351 Å². The zero-order valence-corrected chi connectivity index (χ0v) is 34.5. The van der Waals surface area contributed by atoms with Crippen molar-refractivity contribution in [2.45, 2.75) is 108 Å². The van der Waals surface area contributed by atoms with E-state index in [-0.39, 0.29) is 71.4 Å². The number of ether oxygens (including phenoxy) is 4. The van der Waals surface area contributed by atoms with Gasteiger partial charge in [0.1, 0.15) is 41.0 Å². The largest absolute Gasteiger partial charge is 0.507 e. The van der Waals surface area contributed by atoms with Crippen LogP contribution in [0.3, 0.4) is 0 Å². The molecule has 7 atom stereocenters. The van der Waals surface area contributed by atoms with E-state index < -0.39 is 114 Å². The van der Waals surface area contributed by atoms with Crippen LogP contribution in [0.1, 0.15) is 108 Å². The maximum atomic E-state index is 13.9. The lowest BCUT2D eigenvalue weighted by molar-refractivity contribution is -0.247. The first-order valence-corrected chi connectivity index (χ1v) is 20.1. The molecule has 61 heavy (non-hydrogen) atoms. The molecule has 1 fully saturated rings. The van der Waals surface area contributed by atoms with Crippen molar-refractivity contribution < 1.29 is 72.9 Å². The third-order valence-corrected chi connectivity index (χ3v) is 11.3. The van der Waals surface area contributed by atoms with E-state index in [0.29, 0.717) is 13.0 Å². The fraction of sp³-hybridized carbons (Fsp3) is 0.548. The minimum absolute atomic E-state index is 0.0415. The molecule has 0 spiro atoms. The number of ketones is 5. The number of phenolic OH excluding ortho intramolecular Hbond substituents is 2. The van der Waals surface area contributed by atoms with Crippen LogP contribution in [0.15, 0.2) is 18.2 Å². The van der Waals surface area contributed by atoms with E-state index in [9.17, 15) is 54.0 Å². The number of hydrogen-bond acceptors (Lipinski definition) is 18. The van der Waals surface area contributed by atoms with E-state index >= 15 is 0 Å². The lowest BCUT2D eigenvalue weighted by Gasteiger charge is -2.42. The third-order valence-electron chi connectivity index (χ3n) is 11.3. The van der Waals surface area contributed by atoms with Crippen LogP contribution in [0.2, 0.25) is 0 Å². The number of esters is 1. The van der Waals surface area contributed by atoms with Gasteiger partial charge in [-0.15, -0.1) is 0 Å². The number of hydrogen-bond donors (Lipinski definition) is 8. The number of Topliss-reactive ketones (excluding diaryl/α,β-unsaturated/α-hetero) is 3. The smallest absolute Gasteiger partial charge is 0.325 e. The summed E-state index contributed by atoms with van der Waals surface area (Å²) in [7, 11) is 3.02. The first-order chi connectivity index (χ1) is 28.9. The Hall–Kier alpha value is -5.15. The van der Waals surface area contributed by atoms with Crippen molar-refractivity contribution in [1.82, 2.24) is 16.0 Å². The average molecular weight is 855 g/mol. The summed E-state index contributed by atoms with van der Waals surface area (Å²) in [5.74, 6) is -6.07. The van der Waals surface area contributed by atoms with Crippen LogP contribution in [-0.2, 0) is 44.6 Å². The highest BCUT2D eigenvalue weighted by Crippen LogP contribution is 2.52. The van der Waals surface area contributed by atoms with Gasteiger partial charge >= 0.3 is 5.97 Å². The van der Waals surface area contributed by atoms with Gasteiger partial charge in [-0.05, 0) is 46.3 Å². The number of nitrogens with two attached hydrogens (primary N) is 1. The van der Waals surface area contributed by atoms with Crippen LogP contribution >= 0.6 is 0 Å². The van der Waals surface area contributed by atoms with Crippen LogP contribution in [-0.4, -0.2) is 138 Å². The van der Waals surface area contributed by atoms with Gasteiger partial charge in [-0.25, -0.2) is 0 Å². The van der Waals surface area contributed by atoms with Crippen molar-refractivity contribution in [1.29, 1.82) is 0 Å². The second-order valence-corrected chi connectivity index (χ2v) is 15.6. The standard InChI is InChI=1S/C42H54N4O15/c1-20(47)26(44-3)9-5-6-13-45-17-22(48)11-12-30(50)46-18-31(51)59-19-29(49)42(57)15-24-34(28(16-42)61-32-14-25(43)37(52)21(2)60-32)41(56)36-35(39(24)54)38(53)23-8-7-10-27(58-4)33(23)40(36)55/h7-8,10,21,25-26,28,32,37,44-45,52,54,56-57H,5-6,9,11-19,43H2,1-4H3,(H,46,50)/t21?,25?,26-,28-,32?,37?,42?/m1/s1. The summed E-state index contributed by atoms with van der Waals surface area (Å²) >= 11 is 0. The number of rotatable bonds is 20. The van der Waals surface area contributed by atoms with Crippen LogP contribution in [0.5, 0.6) is 17.2 Å². The molecule has 1 amide bonds. The normalized spacial score (nSPS) is 23.6. The monoisotopic (exact) mass is 854 g/mol. The Morgan fingerprint density at radius 3 is 2.41 bits per heavy atom. The molecule has 0 bridgehead atoms. The molecule has 0 aromatic heterocycles. The number of carbonyl (C=O) groups is 7. The van der Waals surface area contributed by atoms with Gasteiger partial charge in [-0.3, -0.25) is 33.6 Å². The summed E-state index contributed by atoms with van der Waals surface area (Å²) in [5, 5.41) is 54.0. The second-order valence-electron chi connectivity index (χ2n) is 15.6. The molecule has 19 nitrogen and oxygen atoms in total. The quantitative estimate of drug-likeness (QED) is 0.0420. The molecule has 1 aliphatic heterocycles. The van der Waals surface area contributed by atoms with Crippen LogP contribution < -0.4 is 26.4 Å². The Bertz CT molecular complexity index is 2040. The Kier molecular flexibility index (Phi) is 15.5. The summed E-state index contributed by atoms with van der Waals surface area (Å²) in [6, 6.07) is 3.24. The van der Waals surface area contributed by atoms with E-state index in [2.05, 4.69) is 16.0 Å². The molecule has 19 heteroatoms. The van der Waals surface area contributed by atoms with Gasteiger partial charge < -0.3 is 61.1 Å². The molecule has 332 valence electrons. The predicted molar refractivity (Wildman–Crippen MR) is 213 cm³/mol. The summed E-state index contributed by atoms with van der Waals surface area (Å²) < 4.78 is 22.3. The van der Waals surface area contributed by atoms with Crippen molar-refractivity contribution in [3.05, 3.63) is 51.6 Å². The van der Waals surface area contributed by atoms with Gasteiger partial charge in [0.15, 0.2) is 18.7 Å². The van der Waals surface area contributed by atoms with Crippen molar-refractivity contribution >= 4 is 40.8 Å². The minimum Gasteiger partial charge on any atom is -0.507 e. The summed E-state index contributed by atoms with van der Waals surface area (Å²) in [5.41, 5.74) is 1.78. The number of carbonyl (C=O) groups excluding carboxylic acids is 7. The topological polar surface area (TPSA) is 299 Å². The van der Waals surface area contributed by atoms with E-state index in [1.54, 1.807) is 14.0 Å². The van der Waals surface area contributed by atoms with E-state index in [0.717, 1.165) is 12.8 Å². The zero-order valence-electron chi connectivity index (χ0n) is 34.5. The van der Waals surface area contributed by atoms with Gasteiger partial charge in [0.25, 0.3) is 0 Å². The number of aromatic hydroxyl groups is 2. The number of fused-ring (bicyclic) bond motifs is 3. The molecule has 2 aromatic carbocycles. The second kappa shape index (κ2) is 20.1. The molecular formula is C42H54N4O15. The van der Waals surface area contributed by atoms with Crippen molar-refractivity contribution in [2.24, 2.45) is 5.73 Å². The molecule has 5 unspecified atom stereocenters. The minimum atomic E-state index is -2.46. The maximum absolute atomic E-state index is 13.9. The van der Waals surface area contributed by atoms with Gasteiger partial charge in [0.05, 0.1) is 54.7 Å². The summed E-state index contributed by atoms with van der Waals surface area (Å²) in [6.07, 6.45) is -4.04. The predicted octanol–water partition coefficient (Wildman–Crippen LogP) is -0.0454. The van der Waals surface area contributed by atoms with Crippen LogP contribution in [0.4, 0.5) is 0 Å². The molecular weight excluding hydrogens is 800 g/mol. The first-order valence-electron chi connectivity index (χ1n) is 20.1. The number of nitrogens with one attached hydrogen (secondary N) is 3. The van der Waals surface area contributed by atoms with Crippen LogP contribution in [0, 0.1) is 0 Å². The number of aliphatic hydroxyl groups is 2. The number of unbranched alkanes of at least 4 members (excludes halogenated alkanes) is 1. The number of methoxy groups -OCH3 is 1. The molecule has 0 saturated carbocycles. The molecule has 1 saturated heterocycles. The highest BCUT2D eigenvalue weighted by atomic mass is 16.7. The van der Waals surface area contributed by atoms with E-state index in [1.807, 2.05) is 0 Å². The Morgan fingerprint density at radius 2 is 1.74 bits per heavy atom. The van der Waals surface area contributed by atoms with E-state index in [1.165, 1.54) is 32.2 Å². The number of aliphatic hydroxyl groups excluding tert-OH is 1. The van der Waals surface area contributed by atoms with E-state index in [4.69, 9.17) is 24.7 Å². The molecule has 5 rings (SSSR count). The van der Waals surface area contributed by atoms with Crippen molar-refractivity contribution in [3.8, 4) is 17.2 Å². The number of likely N-dealkylation sites (N-methyl/N-ethyl adjacent to an activating group) is 1. The summed E-state index contributed by atoms with van der Waals surface area (Å²) in [4.78, 5) is 90.2. The van der Waals surface area contributed by atoms with Crippen molar-refractivity contribution in [3.63, 3.8) is 0 Å². The third kappa shape index (κ3) is 10.5. The van der Waals surface area contributed by atoms with Gasteiger partial charge in [-0.2, -0.15) is 0 Å². The number of amides is 1. The highest BCUT2D eigenvalue weighted by Gasteiger charge is 2.50. The van der Waals surface area contributed by atoms with Gasteiger partial charge in [-0.1, -0.05) is 18.6 Å². The molecule has 1 heterocycles. The SMILES string of the molecule is CN[C@H](CCCCNCC(=O)CCC(=O)NCC(=O)OCC(=O)C1(O)Cc2c(O)c3c(c(O)c2[C@H](OC2CC(N)C(O)C(C)O2)C1)C(=O)c1c(OC)cccc1C3=O)C(C)=O. The fourth-order valence-electron chi connectivity index (χ4n) is 7.91. The van der Waals surface area contributed by atoms with Crippen LogP contribution in [0.25, 0.3) is 0 Å². The van der Waals surface area contributed by atoms with Gasteiger partial charge in [0, 0.05) is 54.8 Å². The number of phenols is 2. The number of benzene rings is 2. The molecule has 2 aliphatic carbocycles. The fourth-order valence-corrected chi connectivity index (χ4v) is 7.91. The Morgan fingerprint density at radius 1 is 1.02 bits per heavy atom. The molecule has 0 radical (unpaired) electrons. The summed E-state index contributed by atoms with van der Waals surface area (Å²) in [6.45, 7) is 2.00. The van der Waals surface area contributed by atoms with Crippen molar-refractivity contribution in [2.75, 3.05) is 40.4 Å². The lowest BCUT2D eigenvalue weighted by atomic mass is 9.72. The molecule has 2 aromatic rings. The molecule has 9 N–H and O–H groups in total. The zero-order chi connectivity index (χ0) is 44.8. The maximum Gasteiger partial charge on any atom is 0.325 e. The lowest BCUT2D eigenvalue weighted by Crippen LogP contribution is -2.53. The van der Waals surface area contributed by atoms with Gasteiger partial charge in [0.2, 0.25) is 17.5 Å². The Balaban J connectivity index is 1.23. The highest BCUT2D eigenvalue weighted by molar-refractivity contribution is 6.31. The molecule has 3 aliphatic rings. The first kappa shape index (κ1) is 46.9.